The predicted octanol–water partition coefficient (Wildman–Crippen LogP) is 1.84. The average Bonchev–Trinajstić information content (AvgIpc) is 2.18. The molecule has 2 N–H and O–H groups in total. The Morgan fingerprint density at radius 2 is 2.47 bits per heavy atom. The number of primary amides is 1. The highest BCUT2D eigenvalue weighted by atomic mass is 35.5. The van der Waals surface area contributed by atoms with Gasteiger partial charge in [0.05, 0.1) is 17.9 Å². The van der Waals surface area contributed by atoms with Gasteiger partial charge in [-0.1, -0.05) is 11.6 Å². The number of halogens is 1. The van der Waals surface area contributed by atoms with Gasteiger partial charge in [-0.2, -0.15) is 0 Å². The van der Waals surface area contributed by atoms with Crippen molar-refractivity contribution in [1.82, 2.24) is 4.98 Å². The summed E-state index contributed by atoms with van der Waals surface area (Å²) in [5.41, 5.74) is 5.87. The maximum absolute atomic E-state index is 11.0. The number of amides is 1. The molecule has 0 bridgehead atoms. The number of ether oxygens (including phenoxy) is 1. The molecule has 4 nitrogen and oxygen atoms in total. The Morgan fingerprint density at radius 3 is 3.07 bits per heavy atom. The molecule has 1 rings (SSSR count). The van der Waals surface area contributed by atoms with Gasteiger partial charge in [0.25, 0.3) is 5.91 Å². The van der Waals surface area contributed by atoms with Crippen LogP contribution in [0.15, 0.2) is 18.5 Å². The molecule has 0 spiro atoms. The van der Waals surface area contributed by atoms with Crippen LogP contribution in [-0.2, 0) is 4.74 Å². The minimum atomic E-state index is -0.595. The Balaban J connectivity index is 3.02. The smallest absolute Gasteiger partial charge is 0.267 e. The summed E-state index contributed by atoms with van der Waals surface area (Å²) in [6.07, 6.45) is 4.45. The van der Waals surface area contributed by atoms with Crippen molar-refractivity contribution in [3.05, 3.63) is 34.8 Å². The molecule has 0 radical (unpaired) electrons. The van der Waals surface area contributed by atoms with E-state index in [9.17, 15) is 4.79 Å². The lowest BCUT2D eigenvalue weighted by Gasteiger charge is -2.01. The first-order chi connectivity index (χ1) is 7.15. The molecule has 0 aliphatic rings. The third-order valence-electron chi connectivity index (χ3n) is 1.63. The number of aromatic nitrogens is 1. The average molecular weight is 227 g/mol. The van der Waals surface area contributed by atoms with E-state index in [1.807, 2.05) is 6.92 Å². The molecule has 0 atom stereocenters. The van der Waals surface area contributed by atoms with Crippen molar-refractivity contribution >= 4 is 23.6 Å². The molecule has 1 amide bonds. The zero-order valence-corrected chi connectivity index (χ0v) is 8.99. The van der Waals surface area contributed by atoms with Gasteiger partial charge in [-0.05, 0) is 19.1 Å². The first kappa shape index (κ1) is 11.5. The van der Waals surface area contributed by atoms with E-state index in [4.69, 9.17) is 22.1 Å². The monoisotopic (exact) mass is 226 g/mol. The van der Waals surface area contributed by atoms with Crippen molar-refractivity contribution in [2.75, 3.05) is 6.61 Å². The Labute approximate surface area is 92.7 Å². The fraction of sp³-hybridized carbons (Fsp3) is 0.200. The molecule has 1 heterocycles. The number of pyridine rings is 1. The lowest BCUT2D eigenvalue weighted by molar-refractivity contribution is 0.0995. The molecule has 1 aromatic rings. The van der Waals surface area contributed by atoms with E-state index >= 15 is 0 Å². The molecule has 0 aromatic carbocycles. The van der Waals surface area contributed by atoms with Gasteiger partial charge < -0.3 is 10.5 Å². The molecule has 15 heavy (non-hydrogen) atoms. The highest BCUT2D eigenvalue weighted by Crippen LogP contribution is 2.14. The molecule has 0 aliphatic carbocycles. The van der Waals surface area contributed by atoms with Crippen LogP contribution in [0.3, 0.4) is 0 Å². The number of nitrogens with two attached hydrogens (primary N) is 1. The SMILES string of the molecule is CCO/C=C/c1cc(Cl)cnc1C(N)=O. The van der Waals surface area contributed by atoms with Gasteiger partial charge in [-0.3, -0.25) is 4.79 Å². The van der Waals surface area contributed by atoms with E-state index in [0.29, 0.717) is 17.2 Å². The predicted molar refractivity (Wildman–Crippen MR) is 58.4 cm³/mol. The summed E-state index contributed by atoms with van der Waals surface area (Å²) in [5, 5.41) is 0.441. The van der Waals surface area contributed by atoms with Gasteiger partial charge in [0.2, 0.25) is 0 Å². The highest BCUT2D eigenvalue weighted by molar-refractivity contribution is 6.30. The standard InChI is InChI=1S/C10H11ClN2O2/c1-2-15-4-3-7-5-8(11)6-13-9(7)10(12)14/h3-6H,2H2,1H3,(H2,12,14)/b4-3+. The van der Waals surface area contributed by atoms with Gasteiger partial charge in [0.15, 0.2) is 0 Å². The fourth-order valence-corrected chi connectivity index (χ4v) is 1.17. The topological polar surface area (TPSA) is 65.2 Å². The summed E-state index contributed by atoms with van der Waals surface area (Å²) in [6.45, 7) is 2.41. The minimum Gasteiger partial charge on any atom is -0.501 e. The van der Waals surface area contributed by atoms with Crippen molar-refractivity contribution in [1.29, 1.82) is 0 Å². The molecular weight excluding hydrogens is 216 g/mol. The Kier molecular flexibility index (Phi) is 4.12. The fourth-order valence-electron chi connectivity index (χ4n) is 1.01. The molecule has 0 fully saturated rings. The zero-order valence-electron chi connectivity index (χ0n) is 8.24. The maximum atomic E-state index is 11.0. The van der Waals surface area contributed by atoms with E-state index in [1.165, 1.54) is 12.5 Å². The number of hydrogen-bond donors (Lipinski definition) is 1. The molecule has 0 aliphatic heterocycles. The van der Waals surface area contributed by atoms with Crippen molar-refractivity contribution in [3.8, 4) is 0 Å². The minimum absolute atomic E-state index is 0.176. The first-order valence-corrected chi connectivity index (χ1v) is 4.76. The van der Waals surface area contributed by atoms with Gasteiger partial charge in [-0.25, -0.2) is 4.98 Å². The highest BCUT2D eigenvalue weighted by Gasteiger charge is 2.07. The van der Waals surface area contributed by atoms with E-state index in [0.717, 1.165) is 0 Å². The van der Waals surface area contributed by atoms with Crippen LogP contribution in [0.2, 0.25) is 5.02 Å². The summed E-state index contributed by atoms with van der Waals surface area (Å²) >= 11 is 5.74. The quantitative estimate of drug-likeness (QED) is 0.797. The Hall–Kier alpha value is -1.55. The van der Waals surface area contributed by atoms with Crippen LogP contribution in [0.4, 0.5) is 0 Å². The van der Waals surface area contributed by atoms with Gasteiger partial charge >= 0.3 is 0 Å². The van der Waals surface area contributed by atoms with Gasteiger partial charge in [0.1, 0.15) is 5.69 Å². The van der Waals surface area contributed by atoms with Crippen LogP contribution in [0.25, 0.3) is 6.08 Å². The normalized spacial score (nSPS) is 10.5. The van der Waals surface area contributed by atoms with Gasteiger partial charge in [0, 0.05) is 11.8 Å². The number of carbonyl (C=O) groups is 1. The lowest BCUT2D eigenvalue weighted by atomic mass is 10.2. The van der Waals surface area contributed by atoms with Crippen LogP contribution in [-0.4, -0.2) is 17.5 Å². The van der Waals surface area contributed by atoms with Crippen LogP contribution in [0.1, 0.15) is 23.0 Å². The summed E-state index contributed by atoms with van der Waals surface area (Å²) in [7, 11) is 0. The molecule has 80 valence electrons. The third kappa shape index (κ3) is 3.25. The molecule has 5 heteroatoms. The van der Waals surface area contributed by atoms with Crippen molar-refractivity contribution in [3.63, 3.8) is 0 Å². The molecule has 1 aromatic heterocycles. The van der Waals surface area contributed by atoms with Gasteiger partial charge in [-0.15, -0.1) is 0 Å². The number of hydrogen-bond acceptors (Lipinski definition) is 3. The van der Waals surface area contributed by atoms with E-state index < -0.39 is 5.91 Å². The second-order valence-corrected chi connectivity index (χ2v) is 3.15. The third-order valence-corrected chi connectivity index (χ3v) is 1.83. The van der Waals surface area contributed by atoms with Crippen molar-refractivity contribution < 1.29 is 9.53 Å². The molecular formula is C10H11ClN2O2. The Morgan fingerprint density at radius 1 is 1.73 bits per heavy atom. The summed E-state index contributed by atoms with van der Waals surface area (Å²) in [6, 6.07) is 1.60. The number of rotatable bonds is 4. The Bertz CT molecular complexity index is 391. The van der Waals surface area contributed by atoms with Crippen LogP contribution in [0, 0.1) is 0 Å². The molecule has 0 saturated heterocycles. The number of carbonyl (C=O) groups excluding carboxylic acids is 1. The van der Waals surface area contributed by atoms with Crippen molar-refractivity contribution in [2.24, 2.45) is 5.73 Å². The van der Waals surface area contributed by atoms with E-state index in [2.05, 4.69) is 4.98 Å². The molecule has 0 unspecified atom stereocenters. The van der Waals surface area contributed by atoms with Crippen molar-refractivity contribution in [2.45, 2.75) is 6.92 Å². The summed E-state index contributed by atoms with van der Waals surface area (Å²) in [5.74, 6) is -0.595. The van der Waals surface area contributed by atoms with Crippen LogP contribution < -0.4 is 5.73 Å². The van der Waals surface area contributed by atoms with Crippen LogP contribution in [0.5, 0.6) is 0 Å². The zero-order chi connectivity index (χ0) is 11.3. The summed E-state index contributed by atoms with van der Waals surface area (Å²) in [4.78, 5) is 14.9. The van der Waals surface area contributed by atoms with E-state index in [-0.39, 0.29) is 5.69 Å². The molecule has 0 saturated carbocycles. The largest absolute Gasteiger partial charge is 0.501 e. The van der Waals surface area contributed by atoms with Crippen LogP contribution >= 0.6 is 11.6 Å². The number of nitrogens with zero attached hydrogens (tertiary/aromatic N) is 1. The maximum Gasteiger partial charge on any atom is 0.267 e. The lowest BCUT2D eigenvalue weighted by Crippen LogP contribution is -2.14. The summed E-state index contributed by atoms with van der Waals surface area (Å²) < 4.78 is 5.01. The second kappa shape index (κ2) is 5.36. The first-order valence-electron chi connectivity index (χ1n) is 4.38. The van der Waals surface area contributed by atoms with E-state index in [1.54, 1.807) is 12.1 Å². The second-order valence-electron chi connectivity index (χ2n) is 2.71.